The summed E-state index contributed by atoms with van der Waals surface area (Å²) in [5.41, 5.74) is 1.17. The number of benzene rings is 1. The summed E-state index contributed by atoms with van der Waals surface area (Å²) in [6.07, 6.45) is 6.96. The van der Waals surface area contributed by atoms with Crippen LogP contribution in [0.15, 0.2) is 74.9 Å². The molecule has 0 saturated heterocycles. The predicted octanol–water partition coefficient (Wildman–Crippen LogP) is 4.84. The third kappa shape index (κ3) is 29.6. The first-order valence-corrected chi connectivity index (χ1v) is 8.93. The second-order valence-corrected chi connectivity index (χ2v) is 4.84. The highest BCUT2D eigenvalue weighted by atomic mass is 16.5. The molecule has 0 unspecified atom stereocenters. The second kappa shape index (κ2) is 24.6. The second-order valence-electron chi connectivity index (χ2n) is 4.84. The number of carboxylic acid groups (broad SMARTS) is 1. The van der Waals surface area contributed by atoms with Gasteiger partial charge in [-0.3, -0.25) is 0 Å². The van der Waals surface area contributed by atoms with Crippen LogP contribution in [0.1, 0.15) is 32.3 Å². The van der Waals surface area contributed by atoms with E-state index in [1.165, 1.54) is 11.6 Å². The van der Waals surface area contributed by atoms with E-state index in [9.17, 15) is 14.4 Å². The van der Waals surface area contributed by atoms with Gasteiger partial charge in [0.25, 0.3) is 0 Å². The standard InChI is InChI=1S/C8H8.C7H12O2.C5H8O2.C3H4O2/c1-2-8-6-4-3-5-7-8;1-3-5-6-9-7(8)4-2;1-3-5(6)7-4-2;1-2-3(4)5/h2-7H,1H2;4H,2-3,5-6H2,1H3;3H,1,4H2,2H3;2H,1H2,(H,4,5). The Kier molecular flexibility index (Phi) is 25.7. The first kappa shape index (κ1) is 30.3. The molecule has 6 nitrogen and oxygen atoms in total. The van der Waals surface area contributed by atoms with Crippen molar-refractivity contribution in [3.63, 3.8) is 0 Å². The number of hydrogen-bond acceptors (Lipinski definition) is 5. The maximum Gasteiger partial charge on any atom is 0.330 e. The van der Waals surface area contributed by atoms with Gasteiger partial charge < -0.3 is 14.6 Å². The molecule has 1 N–H and O–H groups in total. The lowest BCUT2D eigenvalue weighted by molar-refractivity contribution is -0.138. The third-order valence-electron chi connectivity index (χ3n) is 2.57. The molecule has 0 aliphatic heterocycles. The molecule has 160 valence electrons. The van der Waals surface area contributed by atoms with Gasteiger partial charge in [-0.2, -0.15) is 0 Å². The Morgan fingerprint density at radius 1 is 0.897 bits per heavy atom. The largest absolute Gasteiger partial charge is 0.478 e. The average molecular weight is 405 g/mol. The van der Waals surface area contributed by atoms with Crippen LogP contribution in [0.2, 0.25) is 0 Å². The minimum absolute atomic E-state index is 0.330. The molecule has 0 aromatic heterocycles. The Bertz CT molecular complexity index is 605. The van der Waals surface area contributed by atoms with E-state index in [0.717, 1.165) is 25.0 Å². The zero-order valence-electron chi connectivity index (χ0n) is 17.3. The highest BCUT2D eigenvalue weighted by Crippen LogP contribution is 1.97. The van der Waals surface area contributed by atoms with Crippen LogP contribution in [0.5, 0.6) is 0 Å². The van der Waals surface area contributed by atoms with Crippen LogP contribution in [0, 0.1) is 0 Å². The lowest BCUT2D eigenvalue weighted by Gasteiger charge is -1.97. The van der Waals surface area contributed by atoms with Crippen LogP contribution < -0.4 is 0 Å². The van der Waals surface area contributed by atoms with E-state index in [-0.39, 0.29) is 11.9 Å². The Morgan fingerprint density at radius 2 is 1.38 bits per heavy atom. The number of hydrogen-bond donors (Lipinski definition) is 1. The van der Waals surface area contributed by atoms with Crippen molar-refractivity contribution < 1.29 is 29.0 Å². The van der Waals surface area contributed by atoms with Gasteiger partial charge in [0.15, 0.2) is 0 Å². The van der Waals surface area contributed by atoms with Gasteiger partial charge in [0.1, 0.15) is 0 Å². The van der Waals surface area contributed by atoms with Crippen LogP contribution in [-0.4, -0.2) is 36.2 Å². The van der Waals surface area contributed by atoms with Gasteiger partial charge >= 0.3 is 17.9 Å². The molecule has 1 rings (SSSR count). The SMILES string of the molecule is C=CC(=O)O.C=CC(=O)OCC.C=CC(=O)OCCCC.C=Cc1ccccc1. The van der Waals surface area contributed by atoms with Crippen molar-refractivity contribution in [1.29, 1.82) is 0 Å². The van der Waals surface area contributed by atoms with Crippen molar-refractivity contribution in [2.45, 2.75) is 26.7 Å². The van der Waals surface area contributed by atoms with E-state index in [1.54, 1.807) is 6.92 Å². The Balaban J connectivity index is -0.000000317. The summed E-state index contributed by atoms with van der Waals surface area (Å²) in [6.45, 7) is 17.8. The van der Waals surface area contributed by atoms with E-state index in [0.29, 0.717) is 13.2 Å². The maximum atomic E-state index is 10.3. The van der Waals surface area contributed by atoms with E-state index in [4.69, 9.17) is 5.11 Å². The van der Waals surface area contributed by atoms with Crippen molar-refractivity contribution >= 4 is 24.0 Å². The summed E-state index contributed by atoms with van der Waals surface area (Å²) in [6, 6.07) is 10.0. The fourth-order valence-corrected chi connectivity index (χ4v) is 1.17. The first-order valence-electron chi connectivity index (χ1n) is 8.93. The van der Waals surface area contributed by atoms with Gasteiger partial charge in [0.05, 0.1) is 13.2 Å². The smallest absolute Gasteiger partial charge is 0.330 e. The summed E-state index contributed by atoms with van der Waals surface area (Å²) in [5, 5.41) is 7.60. The quantitative estimate of drug-likeness (QED) is 0.379. The number of ether oxygens (including phenoxy) is 2. The predicted molar refractivity (Wildman–Crippen MR) is 117 cm³/mol. The summed E-state index contributed by atoms with van der Waals surface area (Å²) >= 11 is 0. The van der Waals surface area contributed by atoms with Crippen LogP contribution in [0.25, 0.3) is 6.08 Å². The van der Waals surface area contributed by atoms with E-state index < -0.39 is 5.97 Å². The number of carbonyl (C=O) groups excluding carboxylic acids is 2. The van der Waals surface area contributed by atoms with Gasteiger partial charge in [-0.25, -0.2) is 14.4 Å². The molecular weight excluding hydrogens is 372 g/mol. The minimum atomic E-state index is -0.981. The lowest BCUT2D eigenvalue weighted by atomic mass is 10.2. The molecule has 0 heterocycles. The molecule has 0 aliphatic carbocycles. The molecule has 29 heavy (non-hydrogen) atoms. The Hall–Kier alpha value is -3.41. The number of carbonyl (C=O) groups is 3. The zero-order valence-corrected chi connectivity index (χ0v) is 17.3. The van der Waals surface area contributed by atoms with Crippen molar-refractivity contribution in [1.82, 2.24) is 0 Å². The summed E-state index contributed by atoms with van der Waals surface area (Å²) in [4.78, 5) is 29.7. The topological polar surface area (TPSA) is 89.9 Å². The van der Waals surface area contributed by atoms with Gasteiger partial charge in [0.2, 0.25) is 0 Å². The molecule has 0 bridgehead atoms. The van der Waals surface area contributed by atoms with Crippen molar-refractivity contribution in [2.75, 3.05) is 13.2 Å². The molecule has 0 saturated carbocycles. The zero-order chi connectivity index (χ0) is 22.9. The minimum Gasteiger partial charge on any atom is -0.478 e. The van der Waals surface area contributed by atoms with Crippen LogP contribution in [0.3, 0.4) is 0 Å². The molecule has 1 aromatic carbocycles. The van der Waals surface area contributed by atoms with E-state index in [1.807, 2.05) is 43.3 Å². The molecule has 1 aromatic rings. The van der Waals surface area contributed by atoms with Crippen LogP contribution >= 0.6 is 0 Å². The van der Waals surface area contributed by atoms with E-state index in [2.05, 4.69) is 35.8 Å². The van der Waals surface area contributed by atoms with Crippen LogP contribution in [-0.2, 0) is 23.9 Å². The van der Waals surface area contributed by atoms with Crippen LogP contribution in [0.4, 0.5) is 0 Å². The van der Waals surface area contributed by atoms with Crippen molar-refractivity contribution in [3.05, 3.63) is 80.4 Å². The molecule has 0 atom stereocenters. The van der Waals surface area contributed by atoms with Crippen molar-refractivity contribution in [3.8, 4) is 0 Å². The van der Waals surface area contributed by atoms with Gasteiger partial charge in [-0.15, -0.1) is 0 Å². The van der Waals surface area contributed by atoms with Gasteiger partial charge in [-0.1, -0.05) is 76.1 Å². The number of rotatable bonds is 8. The van der Waals surface area contributed by atoms with E-state index >= 15 is 0 Å². The molecule has 0 fully saturated rings. The molecule has 0 aliphatic rings. The lowest BCUT2D eigenvalue weighted by Crippen LogP contribution is -2.00. The molecule has 0 spiro atoms. The summed E-state index contributed by atoms with van der Waals surface area (Å²) in [5.74, 6) is -1.67. The highest BCUT2D eigenvalue weighted by Gasteiger charge is 1.91. The first-order chi connectivity index (χ1) is 13.8. The maximum absolute atomic E-state index is 10.3. The fraction of sp³-hybridized carbons (Fsp3) is 0.261. The molecule has 6 heteroatoms. The number of esters is 2. The van der Waals surface area contributed by atoms with Crippen molar-refractivity contribution in [2.24, 2.45) is 0 Å². The average Bonchev–Trinajstić information content (AvgIpc) is 2.75. The third-order valence-corrected chi connectivity index (χ3v) is 2.57. The summed E-state index contributed by atoms with van der Waals surface area (Å²) in [7, 11) is 0. The molecular formula is C23H32O6. The van der Waals surface area contributed by atoms with Gasteiger partial charge in [-0.05, 0) is 18.9 Å². The monoisotopic (exact) mass is 404 g/mol. The Morgan fingerprint density at radius 3 is 1.66 bits per heavy atom. The van der Waals surface area contributed by atoms with Gasteiger partial charge in [0, 0.05) is 18.2 Å². The number of carboxylic acids is 1. The number of unbranched alkanes of at least 4 members (excludes halogenated alkanes) is 1. The molecule has 0 radical (unpaired) electrons. The summed E-state index contributed by atoms with van der Waals surface area (Å²) < 4.78 is 9.11. The Labute approximate surface area is 173 Å². The molecule has 0 amide bonds. The normalized spacial score (nSPS) is 7.93. The number of aliphatic carboxylic acids is 1. The highest BCUT2D eigenvalue weighted by molar-refractivity contribution is 5.81. The fourth-order valence-electron chi connectivity index (χ4n) is 1.17.